The number of nitrogens with zero attached hydrogens (tertiary/aromatic N) is 2. The van der Waals surface area contributed by atoms with Crippen LogP contribution in [0.25, 0.3) is 0 Å². The Labute approximate surface area is 210 Å². The van der Waals surface area contributed by atoms with Crippen LogP contribution in [0.3, 0.4) is 0 Å². The third-order valence-corrected chi connectivity index (χ3v) is 6.99. The van der Waals surface area contributed by atoms with Crippen molar-refractivity contribution in [2.24, 2.45) is 5.10 Å². The van der Waals surface area contributed by atoms with Gasteiger partial charge in [-0.05, 0) is 67.9 Å². The van der Waals surface area contributed by atoms with E-state index in [1.807, 2.05) is 6.92 Å². The summed E-state index contributed by atoms with van der Waals surface area (Å²) in [5, 5.41) is 6.81. The molecule has 3 aromatic rings. The summed E-state index contributed by atoms with van der Waals surface area (Å²) in [6, 6.07) is 19.8. The second-order valence-electron chi connectivity index (χ2n) is 8.02. The Morgan fingerprint density at radius 3 is 2.25 bits per heavy atom. The highest BCUT2D eigenvalue weighted by atomic mass is 32.2. The minimum Gasteiger partial charge on any atom is -0.497 e. The fourth-order valence-corrected chi connectivity index (χ4v) is 4.72. The van der Waals surface area contributed by atoms with Gasteiger partial charge in [0.05, 0.1) is 23.4 Å². The molecule has 0 spiro atoms. The normalized spacial score (nSPS) is 11.5. The van der Waals surface area contributed by atoms with E-state index in [0.717, 1.165) is 9.87 Å². The highest BCUT2D eigenvalue weighted by molar-refractivity contribution is 7.92. The van der Waals surface area contributed by atoms with Gasteiger partial charge in [-0.3, -0.25) is 13.9 Å². The molecular weight excluding hydrogens is 480 g/mol. The Morgan fingerprint density at radius 2 is 1.64 bits per heavy atom. The first-order valence-electron chi connectivity index (χ1n) is 11.0. The average molecular weight is 509 g/mol. The quantitative estimate of drug-likeness (QED) is 0.338. The van der Waals surface area contributed by atoms with Crippen LogP contribution in [0.4, 0.5) is 11.4 Å². The molecule has 0 bridgehead atoms. The second-order valence-corrected chi connectivity index (χ2v) is 9.88. The fourth-order valence-electron chi connectivity index (χ4n) is 3.30. The summed E-state index contributed by atoms with van der Waals surface area (Å²) < 4.78 is 33.1. The molecule has 188 valence electrons. The van der Waals surface area contributed by atoms with Crippen molar-refractivity contribution >= 4 is 38.9 Å². The predicted octanol–water partition coefficient (Wildman–Crippen LogP) is 3.70. The number of sulfonamides is 1. The van der Waals surface area contributed by atoms with Crippen LogP contribution in [-0.2, 0) is 19.6 Å². The number of aryl methyl sites for hydroxylation is 1. The number of hydrogen-bond donors (Lipinski definition) is 2. The summed E-state index contributed by atoms with van der Waals surface area (Å²) in [6.45, 7) is 4.50. The molecule has 9 nitrogen and oxygen atoms in total. The first kappa shape index (κ1) is 26.4. The number of hydrazone groups is 1. The zero-order valence-corrected chi connectivity index (χ0v) is 21.3. The van der Waals surface area contributed by atoms with Crippen molar-refractivity contribution in [3.8, 4) is 5.75 Å². The molecule has 0 saturated carbocycles. The van der Waals surface area contributed by atoms with Crippen LogP contribution in [0.15, 0.2) is 82.8 Å². The van der Waals surface area contributed by atoms with Gasteiger partial charge in [-0.1, -0.05) is 29.8 Å². The van der Waals surface area contributed by atoms with Crippen LogP contribution in [0, 0.1) is 6.92 Å². The van der Waals surface area contributed by atoms with Gasteiger partial charge in [0.1, 0.15) is 12.3 Å². The number of nitrogens with one attached hydrogen (secondary N) is 2. The summed E-state index contributed by atoms with van der Waals surface area (Å²) in [4.78, 5) is 24.1. The lowest BCUT2D eigenvalue weighted by molar-refractivity contribution is -0.119. The van der Waals surface area contributed by atoms with Gasteiger partial charge in [0.15, 0.2) is 0 Å². The summed E-state index contributed by atoms with van der Waals surface area (Å²) in [5.41, 5.74) is 5.48. The largest absolute Gasteiger partial charge is 0.497 e. The van der Waals surface area contributed by atoms with E-state index < -0.39 is 22.5 Å². The first-order valence-corrected chi connectivity index (χ1v) is 12.5. The monoisotopic (exact) mass is 508 g/mol. The van der Waals surface area contributed by atoms with Gasteiger partial charge in [-0.15, -0.1) is 0 Å². The Balaban J connectivity index is 1.84. The van der Waals surface area contributed by atoms with E-state index in [1.54, 1.807) is 67.6 Å². The highest BCUT2D eigenvalue weighted by Crippen LogP contribution is 2.25. The fraction of sp³-hybridized carbons (Fsp3) is 0.192. The number of hydrogen-bond acceptors (Lipinski definition) is 6. The maximum atomic E-state index is 13.5. The average Bonchev–Trinajstić information content (AvgIpc) is 2.86. The SMILES string of the molecule is COc1ccc(S(=O)(=O)N(CC(=O)N/N=C(/C)c2cccc(NC(C)=O)c2)c2ccc(C)cc2)cc1. The van der Waals surface area contributed by atoms with Crippen LogP contribution in [0.5, 0.6) is 5.75 Å². The molecule has 0 aliphatic rings. The Hall–Kier alpha value is -4.18. The number of benzene rings is 3. The number of rotatable bonds is 9. The summed E-state index contributed by atoms with van der Waals surface area (Å²) in [5.74, 6) is -0.310. The topological polar surface area (TPSA) is 117 Å². The summed E-state index contributed by atoms with van der Waals surface area (Å²) in [6.07, 6.45) is 0. The van der Waals surface area contributed by atoms with E-state index in [1.165, 1.54) is 26.2 Å². The van der Waals surface area contributed by atoms with Crippen molar-refractivity contribution < 1.29 is 22.7 Å². The molecule has 2 N–H and O–H groups in total. The predicted molar refractivity (Wildman–Crippen MR) is 140 cm³/mol. The van der Waals surface area contributed by atoms with E-state index in [4.69, 9.17) is 4.74 Å². The molecule has 3 rings (SSSR count). The van der Waals surface area contributed by atoms with E-state index in [9.17, 15) is 18.0 Å². The maximum Gasteiger partial charge on any atom is 0.264 e. The summed E-state index contributed by atoms with van der Waals surface area (Å²) in [7, 11) is -2.58. The van der Waals surface area contributed by atoms with Crippen LogP contribution >= 0.6 is 0 Å². The van der Waals surface area contributed by atoms with E-state index in [-0.39, 0.29) is 10.8 Å². The van der Waals surface area contributed by atoms with Crippen LogP contribution < -0.4 is 19.8 Å². The molecule has 36 heavy (non-hydrogen) atoms. The Bertz CT molecular complexity index is 1370. The molecule has 0 aromatic heterocycles. The summed E-state index contributed by atoms with van der Waals surface area (Å²) >= 11 is 0. The molecule has 2 amide bonds. The van der Waals surface area contributed by atoms with Crippen molar-refractivity contribution in [1.82, 2.24) is 5.43 Å². The molecule has 0 heterocycles. The molecule has 0 fully saturated rings. The molecule has 0 aliphatic carbocycles. The van der Waals surface area contributed by atoms with Gasteiger partial charge in [0.2, 0.25) is 5.91 Å². The smallest absolute Gasteiger partial charge is 0.264 e. The molecule has 0 atom stereocenters. The van der Waals surface area contributed by atoms with Crippen molar-refractivity contribution in [2.45, 2.75) is 25.7 Å². The third-order valence-electron chi connectivity index (χ3n) is 5.21. The number of carbonyl (C=O) groups excluding carboxylic acids is 2. The molecule has 0 unspecified atom stereocenters. The molecule has 0 radical (unpaired) electrons. The second kappa shape index (κ2) is 11.5. The molecular formula is C26H28N4O5S. The van der Waals surface area contributed by atoms with Gasteiger partial charge in [-0.2, -0.15) is 5.10 Å². The van der Waals surface area contributed by atoms with Crippen LogP contribution in [0.1, 0.15) is 25.0 Å². The maximum absolute atomic E-state index is 13.5. The van der Waals surface area contributed by atoms with Gasteiger partial charge < -0.3 is 10.1 Å². The third kappa shape index (κ3) is 6.70. The number of amides is 2. The van der Waals surface area contributed by atoms with Crippen molar-refractivity contribution in [3.05, 3.63) is 83.9 Å². The standard InChI is InChI=1S/C26H28N4O5S/c1-18-8-10-23(11-9-18)30(36(33,34)25-14-12-24(35-4)13-15-25)17-26(32)29-28-19(2)21-6-5-7-22(16-21)27-20(3)31/h5-16H,17H2,1-4H3,(H,27,31)(H,29,32)/b28-19-. The molecule has 0 saturated heterocycles. The zero-order chi connectivity index (χ0) is 26.3. The van der Waals surface area contributed by atoms with Crippen molar-refractivity contribution in [3.63, 3.8) is 0 Å². The van der Waals surface area contributed by atoms with Gasteiger partial charge in [0, 0.05) is 12.6 Å². The van der Waals surface area contributed by atoms with Gasteiger partial charge in [0.25, 0.3) is 15.9 Å². The lowest BCUT2D eigenvalue weighted by atomic mass is 10.1. The Kier molecular flexibility index (Phi) is 8.44. The van der Waals surface area contributed by atoms with Gasteiger partial charge >= 0.3 is 0 Å². The minimum absolute atomic E-state index is 0.0196. The van der Waals surface area contributed by atoms with E-state index >= 15 is 0 Å². The first-order chi connectivity index (χ1) is 17.1. The van der Waals surface area contributed by atoms with E-state index in [0.29, 0.717) is 28.4 Å². The minimum atomic E-state index is -4.07. The number of ether oxygens (including phenoxy) is 1. The lowest BCUT2D eigenvalue weighted by Crippen LogP contribution is -2.39. The molecule has 0 aliphatic heterocycles. The number of carbonyl (C=O) groups is 2. The number of anilines is 2. The van der Waals surface area contributed by atoms with E-state index in [2.05, 4.69) is 15.8 Å². The Morgan fingerprint density at radius 1 is 0.972 bits per heavy atom. The number of methoxy groups -OCH3 is 1. The van der Waals surface area contributed by atoms with Crippen molar-refractivity contribution in [1.29, 1.82) is 0 Å². The van der Waals surface area contributed by atoms with Crippen LogP contribution in [-0.4, -0.2) is 39.6 Å². The molecule has 10 heteroatoms. The highest BCUT2D eigenvalue weighted by Gasteiger charge is 2.27. The lowest BCUT2D eigenvalue weighted by Gasteiger charge is -2.24. The molecule has 3 aromatic carbocycles. The van der Waals surface area contributed by atoms with Crippen LogP contribution in [0.2, 0.25) is 0 Å². The zero-order valence-electron chi connectivity index (χ0n) is 20.5. The van der Waals surface area contributed by atoms with Crippen molar-refractivity contribution in [2.75, 3.05) is 23.3 Å². The van der Waals surface area contributed by atoms with Gasteiger partial charge in [-0.25, -0.2) is 13.8 Å².